The van der Waals surface area contributed by atoms with Gasteiger partial charge in [-0.25, -0.2) is 9.78 Å². The van der Waals surface area contributed by atoms with Crippen LogP contribution in [0.2, 0.25) is 5.02 Å². The van der Waals surface area contributed by atoms with E-state index in [1.807, 2.05) is 0 Å². The number of ether oxygens (including phenoxy) is 1. The summed E-state index contributed by atoms with van der Waals surface area (Å²) in [4.78, 5) is 34.2. The molecule has 0 aliphatic carbocycles. The van der Waals surface area contributed by atoms with E-state index < -0.39 is 17.7 Å². The third kappa shape index (κ3) is 4.14. The molecule has 28 heavy (non-hydrogen) atoms. The number of rotatable bonds is 3. The maximum Gasteiger partial charge on any atom is 0.408 e. The summed E-state index contributed by atoms with van der Waals surface area (Å²) in [6, 6.07) is 7.92. The van der Waals surface area contributed by atoms with E-state index in [1.54, 1.807) is 70.4 Å². The van der Waals surface area contributed by atoms with Crippen LogP contribution in [0.5, 0.6) is 0 Å². The molecule has 7 nitrogen and oxygen atoms in total. The van der Waals surface area contributed by atoms with E-state index in [2.05, 4.69) is 15.3 Å². The molecule has 1 N–H and O–H groups in total. The van der Waals surface area contributed by atoms with Crippen molar-refractivity contribution in [1.82, 2.24) is 19.9 Å². The van der Waals surface area contributed by atoms with E-state index in [0.29, 0.717) is 27.4 Å². The Balaban J connectivity index is 2.15. The lowest BCUT2D eigenvalue weighted by Gasteiger charge is -2.23. The second kappa shape index (κ2) is 7.59. The van der Waals surface area contributed by atoms with Crippen molar-refractivity contribution in [3.8, 4) is 5.69 Å². The molecule has 0 aliphatic heterocycles. The van der Waals surface area contributed by atoms with Gasteiger partial charge in [-0.1, -0.05) is 17.7 Å². The molecule has 0 spiro atoms. The number of amides is 1. The summed E-state index contributed by atoms with van der Waals surface area (Å²) in [5.74, 6) is 0.346. The predicted octanol–water partition coefficient (Wildman–Crippen LogP) is 4.02. The Morgan fingerprint density at radius 3 is 2.64 bits per heavy atom. The first kappa shape index (κ1) is 19.8. The highest BCUT2D eigenvalue weighted by molar-refractivity contribution is 6.35. The fourth-order valence-electron chi connectivity index (χ4n) is 2.78. The monoisotopic (exact) mass is 400 g/mol. The predicted molar refractivity (Wildman–Crippen MR) is 108 cm³/mol. The third-order valence-electron chi connectivity index (χ3n) is 3.90. The van der Waals surface area contributed by atoms with Gasteiger partial charge in [0.1, 0.15) is 11.4 Å². The number of hydrogen-bond acceptors (Lipinski definition) is 5. The van der Waals surface area contributed by atoms with Gasteiger partial charge in [0.15, 0.2) is 0 Å². The summed E-state index contributed by atoms with van der Waals surface area (Å²) >= 11 is 6.25. The molecule has 0 radical (unpaired) electrons. The van der Waals surface area contributed by atoms with Crippen LogP contribution < -0.4 is 10.9 Å². The number of hydrogen-bond donors (Lipinski definition) is 1. The number of carbonyl (C=O) groups excluding carboxylic acids is 1. The quantitative estimate of drug-likeness (QED) is 0.717. The van der Waals surface area contributed by atoms with Gasteiger partial charge in [0.25, 0.3) is 5.56 Å². The van der Waals surface area contributed by atoms with Gasteiger partial charge in [-0.05, 0) is 52.0 Å². The molecule has 1 amide bonds. The average molecular weight is 401 g/mol. The highest BCUT2D eigenvalue weighted by atomic mass is 35.5. The number of nitrogens with zero attached hydrogens (tertiary/aromatic N) is 3. The van der Waals surface area contributed by atoms with E-state index >= 15 is 0 Å². The van der Waals surface area contributed by atoms with Gasteiger partial charge in [-0.2, -0.15) is 0 Å². The Morgan fingerprint density at radius 2 is 2.00 bits per heavy atom. The summed E-state index contributed by atoms with van der Waals surface area (Å²) in [5.41, 5.74) is -0.00599. The topological polar surface area (TPSA) is 86.1 Å². The molecular formula is C20H21ClN4O3. The van der Waals surface area contributed by atoms with E-state index in [9.17, 15) is 9.59 Å². The lowest BCUT2D eigenvalue weighted by Crippen LogP contribution is -2.37. The molecule has 0 saturated carbocycles. The normalized spacial score (nSPS) is 12.6. The molecule has 0 aliphatic rings. The van der Waals surface area contributed by atoms with Gasteiger partial charge in [-0.15, -0.1) is 0 Å². The summed E-state index contributed by atoms with van der Waals surface area (Å²) in [6.45, 7) is 7.06. The first-order valence-electron chi connectivity index (χ1n) is 8.78. The Bertz CT molecular complexity index is 1070. The van der Waals surface area contributed by atoms with Gasteiger partial charge in [0.2, 0.25) is 0 Å². The van der Waals surface area contributed by atoms with Gasteiger partial charge in [-0.3, -0.25) is 14.3 Å². The number of alkyl carbamates (subject to hydrolysis) is 1. The van der Waals surface area contributed by atoms with Crippen molar-refractivity contribution >= 4 is 28.6 Å². The molecule has 8 heteroatoms. The van der Waals surface area contributed by atoms with Crippen molar-refractivity contribution in [2.24, 2.45) is 0 Å². The molecule has 2 heterocycles. The Morgan fingerprint density at radius 1 is 1.25 bits per heavy atom. The summed E-state index contributed by atoms with van der Waals surface area (Å²) < 4.78 is 6.72. The molecule has 0 bridgehead atoms. The van der Waals surface area contributed by atoms with Gasteiger partial charge >= 0.3 is 6.09 Å². The van der Waals surface area contributed by atoms with Crippen LogP contribution in [0.1, 0.15) is 39.6 Å². The van der Waals surface area contributed by atoms with E-state index in [0.717, 1.165) is 0 Å². The molecule has 0 fully saturated rings. The molecule has 1 atom stereocenters. The Labute approximate surface area is 167 Å². The fraction of sp³-hybridized carbons (Fsp3) is 0.300. The molecule has 3 aromatic rings. The van der Waals surface area contributed by atoms with Crippen LogP contribution in [0.15, 0.2) is 47.5 Å². The zero-order valence-electron chi connectivity index (χ0n) is 16.1. The van der Waals surface area contributed by atoms with Crippen molar-refractivity contribution in [2.45, 2.75) is 39.3 Å². The first-order valence-corrected chi connectivity index (χ1v) is 9.16. The molecule has 1 aromatic carbocycles. The molecular weight excluding hydrogens is 380 g/mol. The van der Waals surface area contributed by atoms with Crippen molar-refractivity contribution in [3.05, 3.63) is 63.9 Å². The van der Waals surface area contributed by atoms with E-state index in [-0.39, 0.29) is 5.56 Å². The van der Waals surface area contributed by atoms with Crippen molar-refractivity contribution in [2.75, 3.05) is 0 Å². The Hall–Kier alpha value is -2.93. The number of carbonyl (C=O) groups is 1. The minimum atomic E-state index is -0.642. The van der Waals surface area contributed by atoms with Crippen LogP contribution >= 0.6 is 11.6 Å². The Kier molecular flexibility index (Phi) is 5.38. The van der Waals surface area contributed by atoms with Crippen molar-refractivity contribution in [1.29, 1.82) is 0 Å². The number of nitrogens with one attached hydrogen (secondary N) is 1. The second-order valence-electron chi connectivity index (χ2n) is 7.32. The first-order chi connectivity index (χ1) is 13.2. The highest BCUT2D eigenvalue weighted by Crippen LogP contribution is 2.22. The smallest absolute Gasteiger partial charge is 0.408 e. The zero-order valence-corrected chi connectivity index (χ0v) is 16.8. The molecule has 3 rings (SSSR count). The lowest BCUT2D eigenvalue weighted by atomic mass is 10.2. The van der Waals surface area contributed by atoms with Crippen LogP contribution in [0.25, 0.3) is 16.6 Å². The molecule has 146 valence electrons. The van der Waals surface area contributed by atoms with Crippen molar-refractivity contribution in [3.63, 3.8) is 0 Å². The van der Waals surface area contributed by atoms with Gasteiger partial charge in [0.05, 0.1) is 33.9 Å². The second-order valence-corrected chi connectivity index (χ2v) is 7.73. The standard InChI is InChI=1S/C20H21ClN4O3/c1-12(23-19(27)28-20(2,3)4)17-24-15-9-5-8-14(21)16(15)18(26)25(17)13-7-6-10-22-11-13/h5-12H,1-4H3,(H,23,27). The summed E-state index contributed by atoms with van der Waals surface area (Å²) in [7, 11) is 0. The van der Waals surface area contributed by atoms with Crippen LogP contribution in [0.4, 0.5) is 4.79 Å². The number of fused-ring (bicyclic) bond motifs is 1. The maximum absolute atomic E-state index is 13.3. The van der Waals surface area contributed by atoms with Crippen LogP contribution in [-0.2, 0) is 4.74 Å². The fourth-order valence-corrected chi connectivity index (χ4v) is 3.03. The van der Waals surface area contributed by atoms with Crippen molar-refractivity contribution < 1.29 is 9.53 Å². The number of benzene rings is 1. The van der Waals surface area contributed by atoms with E-state index in [1.165, 1.54) is 4.57 Å². The highest BCUT2D eigenvalue weighted by Gasteiger charge is 2.23. The average Bonchev–Trinajstić information content (AvgIpc) is 2.60. The van der Waals surface area contributed by atoms with Crippen LogP contribution in [0, 0.1) is 0 Å². The number of pyridine rings is 1. The van der Waals surface area contributed by atoms with E-state index in [4.69, 9.17) is 16.3 Å². The zero-order chi connectivity index (χ0) is 20.5. The minimum absolute atomic E-state index is 0.307. The molecule has 1 unspecified atom stereocenters. The summed E-state index contributed by atoms with van der Waals surface area (Å²) in [5, 5.41) is 3.35. The largest absolute Gasteiger partial charge is 0.444 e. The summed E-state index contributed by atoms with van der Waals surface area (Å²) in [6.07, 6.45) is 2.56. The number of aromatic nitrogens is 3. The van der Waals surface area contributed by atoms with Gasteiger partial charge in [0, 0.05) is 6.20 Å². The SMILES string of the molecule is CC(NC(=O)OC(C)(C)C)c1nc2cccc(Cl)c2c(=O)n1-c1cccnc1. The van der Waals surface area contributed by atoms with Crippen LogP contribution in [0.3, 0.4) is 0 Å². The van der Waals surface area contributed by atoms with Crippen LogP contribution in [-0.4, -0.2) is 26.2 Å². The third-order valence-corrected chi connectivity index (χ3v) is 4.21. The molecule has 2 aromatic heterocycles. The maximum atomic E-state index is 13.3. The minimum Gasteiger partial charge on any atom is -0.444 e. The number of halogens is 1. The van der Waals surface area contributed by atoms with Gasteiger partial charge < -0.3 is 10.1 Å². The molecule has 0 saturated heterocycles. The lowest BCUT2D eigenvalue weighted by molar-refractivity contribution is 0.0505.